The summed E-state index contributed by atoms with van der Waals surface area (Å²) in [7, 11) is 0. The molecule has 0 heterocycles. The fourth-order valence-electron chi connectivity index (χ4n) is 1.78. The van der Waals surface area contributed by atoms with Crippen molar-refractivity contribution in [3.05, 3.63) is 32.8 Å². The molecule has 3 N–H and O–H groups in total. The van der Waals surface area contributed by atoms with Crippen LogP contribution in [0.1, 0.15) is 12.8 Å². The molecule has 0 atom stereocenters. The highest BCUT2D eigenvalue weighted by Gasteiger charge is 2.27. The summed E-state index contributed by atoms with van der Waals surface area (Å²) >= 11 is 3.30. The Morgan fingerprint density at radius 2 is 2.19 bits per heavy atom. The van der Waals surface area contributed by atoms with Crippen molar-refractivity contribution < 1.29 is 4.92 Å². The third-order valence-electron chi connectivity index (χ3n) is 2.69. The largest absolute Gasteiger partial charge is 0.377 e. The molecule has 0 radical (unpaired) electrons. The molecule has 0 aliphatic heterocycles. The smallest absolute Gasteiger partial charge is 0.292 e. The summed E-state index contributed by atoms with van der Waals surface area (Å²) in [6.07, 6.45) is 1.73. The van der Waals surface area contributed by atoms with Crippen molar-refractivity contribution in [1.29, 1.82) is 0 Å². The second kappa shape index (κ2) is 4.39. The number of rotatable bonds is 3. The molecule has 1 aromatic carbocycles. The van der Waals surface area contributed by atoms with Gasteiger partial charge in [0.25, 0.3) is 5.69 Å². The van der Waals surface area contributed by atoms with Gasteiger partial charge in [0.15, 0.2) is 0 Å². The standard InChI is InChI=1S/C10H12BrN3O2/c11-6-1-2-10(14(15)16)9(3-6)13-8-4-7(12)5-8/h1-3,7-8,13H,4-5,12H2. The van der Waals surface area contributed by atoms with Crippen LogP contribution in [0.2, 0.25) is 0 Å². The Bertz CT molecular complexity index is 419. The summed E-state index contributed by atoms with van der Waals surface area (Å²) in [5.74, 6) is 0. The van der Waals surface area contributed by atoms with Gasteiger partial charge in [-0.05, 0) is 25.0 Å². The average molecular weight is 286 g/mol. The number of nitrogens with two attached hydrogens (primary N) is 1. The number of nitro groups is 1. The summed E-state index contributed by atoms with van der Waals surface area (Å²) in [6.45, 7) is 0. The Morgan fingerprint density at radius 3 is 2.75 bits per heavy atom. The van der Waals surface area contributed by atoms with E-state index in [0.29, 0.717) is 5.69 Å². The van der Waals surface area contributed by atoms with Crippen LogP contribution in [0.4, 0.5) is 11.4 Å². The predicted octanol–water partition coefficient (Wildman–Crippen LogP) is 2.26. The molecule has 0 spiro atoms. The lowest BCUT2D eigenvalue weighted by atomic mass is 9.87. The number of nitrogens with one attached hydrogen (secondary N) is 1. The SMILES string of the molecule is NC1CC(Nc2cc(Br)ccc2[N+](=O)[O-])C1. The Hall–Kier alpha value is -1.14. The van der Waals surface area contributed by atoms with Crippen molar-refractivity contribution in [2.24, 2.45) is 5.73 Å². The topological polar surface area (TPSA) is 81.2 Å². The van der Waals surface area contributed by atoms with Crippen molar-refractivity contribution >= 4 is 27.3 Å². The van der Waals surface area contributed by atoms with Gasteiger partial charge in [0, 0.05) is 22.6 Å². The maximum atomic E-state index is 10.8. The third kappa shape index (κ3) is 2.33. The van der Waals surface area contributed by atoms with Crippen LogP contribution in [0.15, 0.2) is 22.7 Å². The highest BCUT2D eigenvalue weighted by atomic mass is 79.9. The van der Waals surface area contributed by atoms with E-state index >= 15 is 0 Å². The van der Waals surface area contributed by atoms with Gasteiger partial charge in [-0.15, -0.1) is 0 Å². The molecule has 0 unspecified atom stereocenters. The molecule has 1 fully saturated rings. The summed E-state index contributed by atoms with van der Waals surface area (Å²) in [6, 6.07) is 5.36. The molecule has 2 rings (SSSR count). The minimum atomic E-state index is -0.382. The van der Waals surface area contributed by atoms with Gasteiger partial charge in [0.05, 0.1) is 4.92 Å². The van der Waals surface area contributed by atoms with Crippen LogP contribution in [-0.4, -0.2) is 17.0 Å². The Kier molecular flexibility index (Phi) is 3.11. The first-order chi connectivity index (χ1) is 7.56. The minimum absolute atomic E-state index is 0.101. The van der Waals surface area contributed by atoms with Gasteiger partial charge in [-0.2, -0.15) is 0 Å². The number of hydrogen-bond acceptors (Lipinski definition) is 4. The Morgan fingerprint density at radius 1 is 1.50 bits per heavy atom. The molecule has 0 bridgehead atoms. The molecule has 1 aromatic rings. The van der Waals surface area contributed by atoms with E-state index in [2.05, 4.69) is 21.2 Å². The molecule has 0 amide bonds. The first kappa shape index (κ1) is 11.3. The van der Waals surface area contributed by atoms with E-state index < -0.39 is 0 Å². The summed E-state index contributed by atoms with van der Waals surface area (Å²) in [4.78, 5) is 10.4. The number of nitro benzene ring substituents is 1. The maximum absolute atomic E-state index is 10.8. The molecule has 1 aliphatic rings. The molecule has 0 saturated heterocycles. The van der Waals surface area contributed by atoms with Gasteiger partial charge in [0.1, 0.15) is 5.69 Å². The fraction of sp³-hybridized carbons (Fsp3) is 0.400. The second-order valence-electron chi connectivity index (χ2n) is 3.99. The van der Waals surface area contributed by atoms with Crippen LogP contribution in [0, 0.1) is 10.1 Å². The van der Waals surface area contributed by atoms with Crippen LogP contribution >= 0.6 is 15.9 Å². The lowest BCUT2D eigenvalue weighted by molar-refractivity contribution is -0.384. The van der Waals surface area contributed by atoms with E-state index in [-0.39, 0.29) is 22.7 Å². The van der Waals surface area contributed by atoms with Crippen molar-refractivity contribution in [3.8, 4) is 0 Å². The zero-order valence-electron chi connectivity index (χ0n) is 8.52. The molecule has 16 heavy (non-hydrogen) atoms. The van der Waals surface area contributed by atoms with Crippen molar-refractivity contribution in [3.63, 3.8) is 0 Å². The molecule has 6 heteroatoms. The van der Waals surface area contributed by atoms with Crippen LogP contribution < -0.4 is 11.1 Å². The van der Waals surface area contributed by atoms with Gasteiger partial charge in [-0.1, -0.05) is 15.9 Å². The maximum Gasteiger partial charge on any atom is 0.292 e. The predicted molar refractivity (Wildman–Crippen MR) is 65.4 cm³/mol. The normalized spacial score (nSPS) is 23.6. The summed E-state index contributed by atoms with van der Waals surface area (Å²) in [5.41, 5.74) is 6.32. The molecule has 0 aromatic heterocycles. The number of hydrogen-bond donors (Lipinski definition) is 2. The van der Waals surface area contributed by atoms with Gasteiger partial charge in [-0.25, -0.2) is 0 Å². The molecule has 5 nitrogen and oxygen atoms in total. The second-order valence-corrected chi connectivity index (χ2v) is 4.91. The fourth-order valence-corrected chi connectivity index (χ4v) is 2.14. The monoisotopic (exact) mass is 285 g/mol. The molecular weight excluding hydrogens is 274 g/mol. The van der Waals surface area contributed by atoms with Gasteiger partial charge in [0.2, 0.25) is 0 Å². The van der Waals surface area contributed by atoms with Crippen LogP contribution in [-0.2, 0) is 0 Å². The number of nitrogens with zero attached hydrogens (tertiary/aromatic N) is 1. The zero-order valence-corrected chi connectivity index (χ0v) is 10.1. The van der Waals surface area contributed by atoms with Crippen molar-refractivity contribution in [2.75, 3.05) is 5.32 Å². The Balaban J connectivity index is 2.17. The highest BCUT2D eigenvalue weighted by Crippen LogP contribution is 2.31. The van der Waals surface area contributed by atoms with Gasteiger partial charge in [-0.3, -0.25) is 10.1 Å². The number of halogens is 1. The number of benzene rings is 1. The zero-order chi connectivity index (χ0) is 11.7. The van der Waals surface area contributed by atoms with Crippen LogP contribution in [0.25, 0.3) is 0 Å². The summed E-state index contributed by atoms with van der Waals surface area (Å²) < 4.78 is 0.823. The quantitative estimate of drug-likeness (QED) is 0.659. The number of anilines is 1. The van der Waals surface area contributed by atoms with Gasteiger partial charge >= 0.3 is 0 Å². The minimum Gasteiger partial charge on any atom is -0.377 e. The molecule has 1 saturated carbocycles. The van der Waals surface area contributed by atoms with E-state index in [1.807, 2.05) is 0 Å². The highest BCUT2D eigenvalue weighted by molar-refractivity contribution is 9.10. The van der Waals surface area contributed by atoms with E-state index in [1.54, 1.807) is 12.1 Å². The van der Waals surface area contributed by atoms with E-state index in [4.69, 9.17) is 5.73 Å². The molecule has 1 aliphatic carbocycles. The van der Waals surface area contributed by atoms with Crippen molar-refractivity contribution in [1.82, 2.24) is 0 Å². The molecule has 86 valence electrons. The first-order valence-corrected chi connectivity index (χ1v) is 5.81. The third-order valence-corrected chi connectivity index (χ3v) is 3.18. The molecular formula is C10H12BrN3O2. The van der Waals surface area contributed by atoms with Crippen LogP contribution in [0.3, 0.4) is 0 Å². The van der Waals surface area contributed by atoms with Gasteiger partial charge < -0.3 is 11.1 Å². The van der Waals surface area contributed by atoms with E-state index in [0.717, 1.165) is 17.3 Å². The Labute approximate surface area is 101 Å². The van der Waals surface area contributed by atoms with E-state index in [1.165, 1.54) is 6.07 Å². The lowest BCUT2D eigenvalue weighted by Crippen LogP contribution is -2.44. The summed E-state index contributed by atoms with van der Waals surface area (Å²) in [5, 5.41) is 14.0. The average Bonchev–Trinajstić information content (AvgIpc) is 2.15. The first-order valence-electron chi connectivity index (χ1n) is 5.02. The van der Waals surface area contributed by atoms with E-state index in [9.17, 15) is 10.1 Å². The lowest BCUT2D eigenvalue weighted by Gasteiger charge is -2.33. The van der Waals surface area contributed by atoms with Crippen LogP contribution in [0.5, 0.6) is 0 Å². The van der Waals surface area contributed by atoms with Crippen molar-refractivity contribution in [2.45, 2.75) is 24.9 Å².